The Hall–Kier alpha value is -3.64. The highest BCUT2D eigenvalue weighted by atomic mass is 16.3. The first-order valence-electron chi connectivity index (χ1n) is 9.33. The third kappa shape index (κ3) is 3.34. The molecule has 0 unspecified atom stereocenters. The van der Waals surface area contributed by atoms with Crippen LogP contribution in [0.1, 0.15) is 21.5 Å². The van der Waals surface area contributed by atoms with Gasteiger partial charge in [-0.3, -0.25) is 4.79 Å². The number of pyridine rings is 1. The monoisotopic (exact) mass is 386 g/mol. The van der Waals surface area contributed by atoms with Crippen LogP contribution in [0.4, 0.5) is 17.1 Å². The van der Waals surface area contributed by atoms with E-state index in [0.717, 1.165) is 38.8 Å². The molecule has 0 saturated carbocycles. The van der Waals surface area contributed by atoms with Gasteiger partial charge < -0.3 is 21.5 Å². The van der Waals surface area contributed by atoms with Gasteiger partial charge in [-0.15, -0.1) is 0 Å². The van der Waals surface area contributed by atoms with Gasteiger partial charge in [0.25, 0.3) is 5.91 Å². The van der Waals surface area contributed by atoms with Crippen molar-refractivity contribution in [1.29, 1.82) is 0 Å². The number of aryl methyl sites for hydroxylation is 1. The van der Waals surface area contributed by atoms with Crippen molar-refractivity contribution in [1.82, 2.24) is 10.3 Å². The van der Waals surface area contributed by atoms with Crippen molar-refractivity contribution in [3.05, 3.63) is 71.3 Å². The maximum Gasteiger partial charge on any atom is 0.253 e. The lowest BCUT2D eigenvalue weighted by atomic mass is 10.0. The molecule has 0 spiro atoms. The number of aliphatic hydroxyl groups excluding tert-OH is 1. The number of rotatable bonds is 4. The Morgan fingerprint density at radius 2 is 1.79 bits per heavy atom. The van der Waals surface area contributed by atoms with Crippen molar-refractivity contribution >= 4 is 44.8 Å². The second-order valence-corrected chi connectivity index (χ2v) is 6.99. The van der Waals surface area contributed by atoms with Crippen molar-refractivity contribution in [2.75, 3.05) is 18.1 Å². The fourth-order valence-corrected chi connectivity index (χ4v) is 3.61. The maximum atomic E-state index is 12.4. The second-order valence-electron chi connectivity index (χ2n) is 6.99. The third-order valence-corrected chi connectivity index (χ3v) is 4.97. The molecule has 0 saturated heterocycles. The number of nitrogens with zero attached hydrogens (tertiary/aromatic N) is 1. The number of fused-ring (bicyclic) bond motifs is 2. The van der Waals surface area contributed by atoms with Gasteiger partial charge in [0, 0.05) is 29.2 Å². The van der Waals surface area contributed by atoms with Crippen molar-refractivity contribution in [3.8, 4) is 0 Å². The molecule has 6 heteroatoms. The Labute approximate surface area is 168 Å². The van der Waals surface area contributed by atoms with E-state index in [-0.39, 0.29) is 12.5 Å². The minimum atomic E-state index is -0.187. The minimum Gasteiger partial charge on any atom is -0.399 e. The fraction of sp³-hybridized carbons (Fsp3) is 0.130. The lowest BCUT2D eigenvalue weighted by Gasteiger charge is -2.16. The number of nitrogens with two attached hydrogens (primary N) is 1. The number of aliphatic hydroxyl groups is 1. The Kier molecular flexibility index (Phi) is 4.78. The van der Waals surface area contributed by atoms with Crippen LogP contribution in [0, 0.1) is 6.92 Å². The molecular formula is C23H22N4O2. The van der Waals surface area contributed by atoms with E-state index in [0.29, 0.717) is 16.8 Å². The minimum absolute atomic E-state index is 0.0997. The topological polar surface area (TPSA) is 100 Å². The Morgan fingerprint density at radius 1 is 1.07 bits per heavy atom. The van der Waals surface area contributed by atoms with Gasteiger partial charge >= 0.3 is 0 Å². The largest absolute Gasteiger partial charge is 0.399 e. The molecule has 1 aromatic heterocycles. The van der Waals surface area contributed by atoms with Gasteiger partial charge in [-0.05, 0) is 42.3 Å². The summed E-state index contributed by atoms with van der Waals surface area (Å²) < 4.78 is 0. The number of carbonyl (C=O) groups is 1. The molecule has 5 N–H and O–H groups in total. The van der Waals surface area contributed by atoms with E-state index in [1.54, 1.807) is 19.2 Å². The van der Waals surface area contributed by atoms with Crippen molar-refractivity contribution < 1.29 is 9.90 Å². The van der Waals surface area contributed by atoms with E-state index in [9.17, 15) is 9.90 Å². The average Bonchev–Trinajstić information content (AvgIpc) is 2.73. The molecule has 0 radical (unpaired) electrons. The highest BCUT2D eigenvalue weighted by molar-refractivity contribution is 6.15. The normalized spacial score (nSPS) is 11.0. The van der Waals surface area contributed by atoms with E-state index in [1.807, 2.05) is 49.4 Å². The smallest absolute Gasteiger partial charge is 0.253 e. The molecule has 0 aliphatic heterocycles. The molecule has 1 amide bonds. The molecule has 4 rings (SSSR count). The number of para-hydroxylation sites is 2. The van der Waals surface area contributed by atoms with Crippen LogP contribution < -0.4 is 16.4 Å². The summed E-state index contributed by atoms with van der Waals surface area (Å²) in [5.74, 6) is -0.187. The molecule has 0 aliphatic carbocycles. The van der Waals surface area contributed by atoms with E-state index < -0.39 is 0 Å². The summed E-state index contributed by atoms with van der Waals surface area (Å²) in [6, 6.07) is 17.0. The van der Waals surface area contributed by atoms with Gasteiger partial charge in [-0.25, -0.2) is 4.98 Å². The average molecular weight is 386 g/mol. The molecule has 4 aromatic rings. The molecular weight excluding hydrogens is 364 g/mol. The van der Waals surface area contributed by atoms with Crippen LogP contribution in [-0.4, -0.2) is 23.0 Å². The van der Waals surface area contributed by atoms with Gasteiger partial charge in [-0.2, -0.15) is 0 Å². The first-order chi connectivity index (χ1) is 14.0. The van der Waals surface area contributed by atoms with E-state index in [2.05, 4.69) is 10.6 Å². The fourth-order valence-electron chi connectivity index (χ4n) is 3.61. The maximum absolute atomic E-state index is 12.4. The number of anilines is 3. The summed E-state index contributed by atoms with van der Waals surface area (Å²) in [6.45, 7) is 1.90. The number of carbonyl (C=O) groups excluding carboxylic acids is 1. The van der Waals surface area contributed by atoms with Crippen molar-refractivity contribution in [3.63, 3.8) is 0 Å². The summed E-state index contributed by atoms with van der Waals surface area (Å²) in [5, 5.41) is 17.4. The number of aromatic nitrogens is 1. The van der Waals surface area contributed by atoms with Gasteiger partial charge in [0.2, 0.25) is 0 Å². The molecule has 6 nitrogen and oxygen atoms in total. The SMILES string of the molecule is CNC(=O)c1cccc2c(Nc3cc(N)cc(CO)c3)c3cccc(C)c3nc12. The zero-order valence-corrected chi connectivity index (χ0v) is 16.3. The third-order valence-electron chi connectivity index (χ3n) is 4.97. The second kappa shape index (κ2) is 7.41. The zero-order valence-electron chi connectivity index (χ0n) is 16.3. The van der Waals surface area contributed by atoms with Gasteiger partial charge in [0.05, 0.1) is 28.9 Å². The van der Waals surface area contributed by atoms with Crippen LogP contribution in [0.2, 0.25) is 0 Å². The molecule has 1 heterocycles. The summed E-state index contributed by atoms with van der Waals surface area (Å²) >= 11 is 0. The van der Waals surface area contributed by atoms with Gasteiger partial charge in [0.15, 0.2) is 0 Å². The number of amides is 1. The molecule has 29 heavy (non-hydrogen) atoms. The molecule has 0 bridgehead atoms. The van der Waals surface area contributed by atoms with Crippen LogP contribution in [0.15, 0.2) is 54.6 Å². The first kappa shape index (κ1) is 18.7. The predicted octanol–water partition coefficient (Wildman–Crippen LogP) is 3.87. The van der Waals surface area contributed by atoms with Crippen LogP contribution in [0.25, 0.3) is 21.8 Å². The Bertz CT molecular complexity index is 1250. The number of benzene rings is 3. The molecule has 0 atom stereocenters. The van der Waals surface area contributed by atoms with Crippen LogP contribution >= 0.6 is 0 Å². The van der Waals surface area contributed by atoms with Gasteiger partial charge in [0.1, 0.15) is 0 Å². The van der Waals surface area contributed by atoms with E-state index >= 15 is 0 Å². The van der Waals surface area contributed by atoms with Crippen LogP contribution in [0.5, 0.6) is 0 Å². The molecule has 0 fully saturated rings. The van der Waals surface area contributed by atoms with E-state index in [1.165, 1.54) is 0 Å². The summed E-state index contributed by atoms with van der Waals surface area (Å²) in [6.07, 6.45) is 0. The zero-order chi connectivity index (χ0) is 20.5. The lowest BCUT2D eigenvalue weighted by Crippen LogP contribution is -2.18. The highest BCUT2D eigenvalue weighted by Crippen LogP contribution is 2.36. The quantitative estimate of drug-likeness (QED) is 0.315. The van der Waals surface area contributed by atoms with Gasteiger partial charge in [-0.1, -0.05) is 30.3 Å². The van der Waals surface area contributed by atoms with Crippen LogP contribution in [-0.2, 0) is 6.61 Å². The molecule has 0 aliphatic rings. The van der Waals surface area contributed by atoms with Crippen molar-refractivity contribution in [2.24, 2.45) is 0 Å². The first-order valence-corrected chi connectivity index (χ1v) is 9.33. The number of nitrogen functional groups attached to an aromatic ring is 1. The Balaban J connectivity index is 2.04. The number of hydrogen-bond acceptors (Lipinski definition) is 5. The standard InChI is InChI=1S/C23H22N4O2/c1-13-5-3-6-17-20(13)27-22-18(7-4-8-19(22)23(29)25-2)21(17)26-16-10-14(12-28)9-15(24)11-16/h3-11,28H,12,24H2,1-2H3,(H,25,29)(H,26,27). The summed E-state index contributed by atoms with van der Waals surface area (Å²) in [4.78, 5) is 17.3. The molecule has 3 aromatic carbocycles. The predicted molar refractivity (Wildman–Crippen MR) is 117 cm³/mol. The number of hydrogen-bond donors (Lipinski definition) is 4. The Morgan fingerprint density at radius 3 is 2.52 bits per heavy atom. The molecule has 146 valence electrons. The number of nitrogens with one attached hydrogen (secondary N) is 2. The lowest BCUT2D eigenvalue weighted by molar-refractivity contribution is 0.0964. The van der Waals surface area contributed by atoms with Crippen LogP contribution in [0.3, 0.4) is 0 Å². The summed E-state index contributed by atoms with van der Waals surface area (Å²) in [5.41, 5.74) is 11.9. The van der Waals surface area contributed by atoms with E-state index in [4.69, 9.17) is 10.7 Å². The summed E-state index contributed by atoms with van der Waals surface area (Å²) in [7, 11) is 1.61. The van der Waals surface area contributed by atoms with Crippen molar-refractivity contribution in [2.45, 2.75) is 13.5 Å². The highest BCUT2D eigenvalue weighted by Gasteiger charge is 2.16.